The van der Waals surface area contributed by atoms with Crippen molar-refractivity contribution in [3.05, 3.63) is 46.5 Å². The van der Waals surface area contributed by atoms with Crippen LogP contribution in [0.3, 0.4) is 0 Å². The number of hydrogen-bond acceptors (Lipinski definition) is 4. The molecule has 5 heteroatoms. The predicted molar refractivity (Wildman–Crippen MR) is 80.7 cm³/mol. The summed E-state index contributed by atoms with van der Waals surface area (Å²) in [5.74, 6) is 0.394. The summed E-state index contributed by atoms with van der Waals surface area (Å²) in [6.45, 7) is 2.03. The quantitative estimate of drug-likeness (QED) is 0.876. The molecule has 3 rings (SSSR count). The smallest absolute Gasteiger partial charge is 0.250 e. The molecular weight excluding hydrogens is 270 g/mol. The van der Waals surface area contributed by atoms with Crippen molar-refractivity contribution >= 4 is 28.5 Å². The van der Waals surface area contributed by atoms with Gasteiger partial charge in [-0.15, -0.1) is 10.2 Å². The van der Waals surface area contributed by atoms with Crippen LogP contribution in [0, 0.1) is 6.92 Å². The molecule has 1 aliphatic carbocycles. The average Bonchev–Trinajstić information content (AvgIpc) is 3.19. The number of aromatic nitrogens is 2. The first-order chi connectivity index (χ1) is 9.70. The molecular formula is C15H15N3OS. The molecule has 4 nitrogen and oxygen atoms in total. The Hall–Kier alpha value is -2.01. The third-order valence-corrected chi connectivity index (χ3v) is 4.10. The van der Waals surface area contributed by atoms with Crippen molar-refractivity contribution in [3.8, 4) is 0 Å². The second-order valence-corrected chi connectivity index (χ2v) is 5.96. The number of hydrogen-bond donors (Lipinski definition) is 1. The fourth-order valence-corrected chi connectivity index (χ4v) is 2.69. The van der Waals surface area contributed by atoms with Gasteiger partial charge in [0.25, 0.3) is 0 Å². The van der Waals surface area contributed by atoms with E-state index in [0.29, 0.717) is 11.0 Å². The molecule has 0 atom stereocenters. The Kier molecular flexibility index (Phi) is 3.60. The van der Waals surface area contributed by atoms with Gasteiger partial charge >= 0.3 is 0 Å². The average molecular weight is 285 g/mol. The summed E-state index contributed by atoms with van der Waals surface area (Å²) in [5.41, 5.74) is 2.20. The molecule has 0 saturated heterocycles. The molecule has 102 valence electrons. The second-order valence-electron chi connectivity index (χ2n) is 4.95. The highest BCUT2D eigenvalue weighted by Gasteiger charge is 2.27. The van der Waals surface area contributed by atoms with Crippen molar-refractivity contribution in [3.63, 3.8) is 0 Å². The molecule has 0 spiro atoms. The van der Waals surface area contributed by atoms with Gasteiger partial charge in [-0.2, -0.15) is 0 Å². The van der Waals surface area contributed by atoms with E-state index in [4.69, 9.17) is 0 Å². The van der Waals surface area contributed by atoms with E-state index in [9.17, 15) is 4.79 Å². The molecule has 0 unspecified atom stereocenters. The van der Waals surface area contributed by atoms with Gasteiger partial charge in [0.1, 0.15) is 5.01 Å². The van der Waals surface area contributed by atoms with Gasteiger partial charge in [0.05, 0.1) is 0 Å². The van der Waals surface area contributed by atoms with Crippen molar-refractivity contribution in [2.75, 3.05) is 5.32 Å². The van der Waals surface area contributed by atoms with Crippen LogP contribution in [0.25, 0.3) is 6.08 Å². The van der Waals surface area contributed by atoms with Crippen LogP contribution in [-0.2, 0) is 4.79 Å². The van der Waals surface area contributed by atoms with Gasteiger partial charge in [-0.1, -0.05) is 41.2 Å². The highest BCUT2D eigenvalue weighted by molar-refractivity contribution is 7.15. The molecule has 1 aromatic carbocycles. The van der Waals surface area contributed by atoms with Crippen molar-refractivity contribution in [2.24, 2.45) is 0 Å². The third kappa shape index (κ3) is 3.30. The Labute approximate surface area is 121 Å². The molecule has 1 fully saturated rings. The first kappa shape index (κ1) is 13.0. The fourth-order valence-electron chi connectivity index (χ4n) is 1.78. The molecule has 0 aliphatic heterocycles. The molecule has 1 amide bonds. The monoisotopic (exact) mass is 285 g/mol. The fraction of sp³-hybridized carbons (Fsp3) is 0.267. The number of rotatable bonds is 4. The van der Waals surface area contributed by atoms with Crippen LogP contribution in [0.4, 0.5) is 5.13 Å². The highest BCUT2D eigenvalue weighted by Crippen LogP contribution is 2.41. The molecule has 2 aromatic rings. The number of amides is 1. The van der Waals surface area contributed by atoms with Crippen LogP contribution in [0.5, 0.6) is 0 Å². The number of carbonyl (C=O) groups is 1. The minimum atomic E-state index is -0.177. The molecule has 20 heavy (non-hydrogen) atoms. The van der Waals surface area contributed by atoms with Gasteiger partial charge in [0.2, 0.25) is 11.0 Å². The van der Waals surface area contributed by atoms with Gasteiger partial charge in [-0.3, -0.25) is 10.1 Å². The van der Waals surface area contributed by atoms with Crippen LogP contribution in [-0.4, -0.2) is 16.1 Å². The molecule has 1 heterocycles. The summed E-state index contributed by atoms with van der Waals surface area (Å²) in [4.78, 5) is 11.8. The van der Waals surface area contributed by atoms with Gasteiger partial charge in [-0.05, 0) is 31.4 Å². The zero-order valence-corrected chi connectivity index (χ0v) is 12.0. The number of carbonyl (C=O) groups excluding carboxylic acids is 1. The van der Waals surface area contributed by atoms with E-state index >= 15 is 0 Å². The maximum Gasteiger partial charge on any atom is 0.250 e. The normalized spacial score (nSPS) is 14.7. The van der Waals surface area contributed by atoms with Crippen molar-refractivity contribution < 1.29 is 4.79 Å². The number of nitrogens with one attached hydrogen (secondary N) is 1. The molecule has 1 aromatic heterocycles. The Morgan fingerprint density at radius 3 is 2.75 bits per heavy atom. The van der Waals surface area contributed by atoms with Gasteiger partial charge in [-0.25, -0.2) is 0 Å². The van der Waals surface area contributed by atoms with Crippen LogP contribution >= 0.6 is 11.3 Å². The van der Waals surface area contributed by atoms with E-state index in [1.54, 1.807) is 6.08 Å². The maximum absolute atomic E-state index is 11.8. The highest BCUT2D eigenvalue weighted by atomic mass is 32.1. The van der Waals surface area contributed by atoms with Gasteiger partial charge < -0.3 is 0 Å². The van der Waals surface area contributed by atoms with Crippen LogP contribution < -0.4 is 5.32 Å². The molecule has 1 N–H and O–H groups in total. The summed E-state index contributed by atoms with van der Waals surface area (Å²) in [6, 6.07) is 8.00. The molecule has 1 saturated carbocycles. The van der Waals surface area contributed by atoms with Crippen LogP contribution in [0.2, 0.25) is 0 Å². The first-order valence-corrected chi connectivity index (χ1v) is 7.41. The van der Waals surface area contributed by atoms with E-state index in [1.165, 1.54) is 35.8 Å². The minimum absolute atomic E-state index is 0.177. The number of anilines is 1. The Morgan fingerprint density at radius 1 is 1.30 bits per heavy atom. The van der Waals surface area contributed by atoms with Crippen molar-refractivity contribution in [1.29, 1.82) is 0 Å². The molecule has 0 bridgehead atoms. The lowest BCUT2D eigenvalue weighted by Gasteiger charge is -1.96. The Balaban J connectivity index is 1.59. The van der Waals surface area contributed by atoms with E-state index in [-0.39, 0.29) is 5.91 Å². The number of aryl methyl sites for hydroxylation is 1. The topological polar surface area (TPSA) is 54.9 Å². The summed E-state index contributed by atoms with van der Waals surface area (Å²) in [5, 5.41) is 12.4. The van der Waals surface area contributed by atoms with Crippen molar-refractivity contribution in [2.45, 2.75) is 25.7 Å². The minimum Gasteiger partial charge on any atom is -0.297 e. The third-order valence-electron chi connectivity index (χ3n) is 3.10. The van der Waals surface area contributed by atoms with E-state index < -0.39 is 0 Å². The summed E-state index contributed by atoms with van der Waals surface area (Å²) < 4.78 is 0. The zero-order chi connectivity index (χ0) is 13.9. The van der Waals surface area contributed by atoms with Crippen LogP contribution in [0.1, 0.15) is 34.9 Å². The Morgan fingerprint density at radius 2 is 2.05 bits per heavy atom. The van der Waals surface area contributed by atoms with Crippen LogP contribution in [0.15, 0.2) is 30.3 Å². The largest absolute Gasteiger partial charge is 0.297 e. The van der Waals surface area contributed by atoms with Crippen molar-refractivity contribution in [1.82, 2.24) is 10.2 Å². The first-order valence-electron chi connectivity index (χ1n) is 6.60. The number of nitrogens with zero attached hydrogens (tertiary/aromatic N) is 2. The van der Waals surface area contributed by atoms with E-state index in [1.807, 2.05) is 31.2 Å². The maximum atomic E-state index is 11.8. The number of benzene rings is 1. The summed E-state index contributed by atoms with van der Waals surface area (Å²) >= 11 is 1.47. The second kappa shape index (κ2) is 5.54. The lowest BCUT2D eigenvalue weighted by Crippen LogP contribution is -2.07. The molecule has 1 aliphatic rings. The SMILES string of the molecule is Cc1ccc(/C=C/C(=O)Nc2nnc(C3CC3)s2)cc1. The Bertz CT molecular complexity index is 641. The summed E-state index contributed by atoms with van der Waals surface area (Å²) in [6.07, 6.45) is 5.69. The van der Waals surface area contributed by atoms with Gasteiger partial charge in [0.15, 0.2) is 0 Å². The predicted octanol–water partition coefficient (Wildman–Crippen LogP) is 3.38. The standard InChI is InChI=1S/C15H15N3OS/c1-10-2-4-11(5-3-10)6-9-13(19)16-15-18-17-14(20-15)12-7-8-12/h2-6,9,12H,7-8H2,1H3,(H,16,18,19)/b9-6+. The summed E-state index contributed by atoms with van der Waals surface area (Å²) in [7, 11) is 0. The molecule has 0 radical (unpaired) electrons. The zero-order valence-electron chi connectivity index (χ0n) is 11.2. The lowest BCUT2D eigenvalue weighted by atomic mass is 10.1. The van der Waals surface area contributed by atoms with Gasteiger partial charge in [0, 0.05) is 12.0 Å². The lowest BCUT2D eigenvalue weighted by molar-refractivity contribution is -0.111. The van der Waals surface area contributed by atoms with E-state index in [0.717, 1.165) is 10.6 Å². The van der Waals surface area contributed by atoms with E-state index in [2.05, 4.69) is 15.5 Å².